The van der Waals surface area contributed by atoms with Crippen molar-refractivity contribution in [2.75, 3.05) is 46.4 Å². The molecular weight excluding hydrogens is 230 g/mol. The van der Waals surface area contributed by atoms with Crippen LogP contribution in [0.3, 0.4) is 0 Å². The van der Waals surface area contributed by atoms with Crippen LogP contribution in [0.25, 0.3) is 0 Å². The second-order valence-electron chi connectivity index (χ2n) is 5.44. The maximum absolute atomic E-state index is 11.7. The van der Waals surface area contributed by atoms with Crippen molar-refractivity contribution in [2.45, 2.75) is 25.7 Å². The maximum atomic E-state index is 11.7. The lowest BCUT2D eigenvalue weighted by Gasteiger charge is -2.29. The van der Waals surface area contributed by atoms with Crippen LogP contribution in [-0.2, 0) is 9.63 Å². The minimum Gasteiger partial charge on any atom is -0.356 e. The summed E-state index contributed by atoms with van der Waals surface area (Å²) in [5.74, 6) is 0.773. The third kappa shape index (κ3) is 4.55. The fourth-order valence-corrected chi connectivity index (χ4v) is 2.69. The van der Waals surface area contributed by atoms with Crippen molar-refractivity contribution in [3.63, 3.8) is 0 Å². The Kier molecular flexibility index (Phi) is 5.41. The van der Waals surface area contributed by atoms with Gasteiger partial charge in [0.05, 0.1) is 6.61 Å². The number of carbonyl (C=O) groups is 1. The molecule has 18 heavy (non-hydrogen) atoms. The highest BCUT2D eigenvalue weighted by Gasteiger charge is 2.18. The van der Waals surface area contributed by atoms with Gasteiger partial charge in [-0.15, -0.1) is 0 Å². The molecule has 5 heteroatoms. The van der Waals surface area contributed by atoms with E-state index in [4.69, 9.17) is 4.84 Å². The summed E-state index contributed by atoms with van der Waals surface area (Å²) in [7, 11) is 2.15. The average Bonchev–Trinajstić information content (AvgIpc) is 2.87. The molecule has 0 saturated carbocycles. The molecule has 2 heterocycles. The van der Waals surface area contributed by atoms with Crippen molar-refractivity contribution in [1.29, 1.82) is 0 Å². The van der Waals surface area contributed by atoms with Gasteiger partial charge in [0.2, 0.25) is 5.91 Å². The number of hydroxylamine groups is 2. The van der Waals surface area contributed by atoms with E-state index in [1.807, 2.05) is 5.06 Å². The van der Waals surface area contributed by atoms with Crippen LogP contribution in [-0.4, -0.2) is 62.2 Å². The molecular formula is C13H25N3O2. The Labute approximate surface area is 109 Å². The van der Waals surface area contributed by atoms with E-state index < -0.39 is 0 Å². The zero-order valence-electron chi connectivity index (χ0n) is 11.4. The molecule has 0 radical (unpaired) electrons. The number of hydrogen-bond donors (Lipinski definition) is 1. The number of piperidine rings is 1. The molecule has 5 nitrogen and oxygen atoms in total. The Morgan fingerprint density at radius 3 is 3.00 bits per heavy atom. The standard InChI is InChI=1S/C13H25N3O2/c1-15-6-2-4-12(11-15)10-14-13(17)5-8-16-7-3-9-18-16/h12H,2-11H2,1H3,(H,14,17). The van der Waals surface area contributed by atoms with E-state index in [2.05, 4.69) is 17.3 Å². The third-order valence-electron chi connectivity index (χ3n) is 3.72. The second-order valence-corrected chi connectivity index (χ2v) is 5.44. The Bertz CT molecular complexity index is 267. The fraction of sp³-hybridized carbons (Fsp3) is 0.923. The van der Waals surface area contributed by atoms with Gasteiger partial charge >= 0.3 is 0 Å². The number of rotatable bonds is 5. The highest BCUT2D eigenvalue weighted by atomic mass is 16.7. The van der Waals surface area contributed by atoms with Crippen molar-refractivity contribution < 1.29 is 9.63 Å². The van der Waals surface area contributed by atoms with E-state index in [1.165, 1.54) is 19.4 Å². The van der Waals surface area contributed by atoms with Crippen LogP contribution in [0.5, 0.6) is 0 Å². The lowest BCUT2D eigenvalue weighted by Crippen LogP contribution is -2.39. The van der Waals surface area contributed by atoms with Crippen LogP contribution in [0.4, 0.5) is 0 Å². The van der Waals surface area contributed by atoms with Crippen molar-refractivity contribution in [1.82, 2.24) is 15.3 Å². The van der Waals surface area contributed by atoms with Crippen molar-refractivity contribution in [3.8, 4) is 0 Å². The third-order valence-corrected chi connectivity index (χ3v) is 3.72. The fourth-order valence-electron chi connectivity index (χ4n) is 2.69. The van der Waals surface area contributed by atoms with E-state index >= 15 is 0 Å². The lowest BCUT2D eigenvalue weighted by molar-refractivity contribution is -0.130. The van der Waals surface area contributed by atoms with Gasteiger partial charge in [0, 0.05) is 32.6 Å². The maximum Gasteiger partial charge on any atom is 0.221 e. The summed E-state index contributed by atoms with van der Waals surface area (Å²) in [6, 6.07) is 0. The Hall–Kier alpha value is -0.650. The molecule has 1 unspecified atom stereocenters. The molecule has 1 atom stereocenters. The van der Waals surface area contributed by atoms with Crippen LogP contribution < -0.4 is 5.32 Å². The minimum absolute atomic E-state index is 0.152. The topological polar surface area (TPSA) is 44.8 Å². The van der Waals surface area contributed by atoms with Gasteiger partial charge in [-0.05, 0) is 38.8 Å². The zero-order valence-corrected chi connectivity index (χ0v) is 11.4. The molecule has 0 aromatic rings. The van der Waals surface area contributed by atoms with E-state index in [-0.39, 0.29) is 5.91 Å². The normalized spacial score (nSPS) is 26.4. The summed E-state index contributed by atoms with van der Waals surface area (Å²) in [6.45, 7) is 5.60. The minimum atomic E-state index is 0.152. The Morgan fingerprint density at radius 2 is 2.28 bits per heavy atom. The van der Waals surface area contributed by atoms with Crippen molar-refractivity contribution in [3.05, 3.63) is 0 Å². The van der Waals surface area contributed by atoms with Gasteiger partial charge in [-0.3, -0.25) is 9.63 Å². The van der Waals surface area contributed by atoms with Crippen molar-refractivity contribution in [2.24, 2.45) is 5.92 Å². The number of carbonyl (C=O) groups excluding carboxylic acids is 1. The van der Waals surface area contributed by atoms with Gasteiger partial charge in [-0.2, -0.15) is 5.06 Å². The van der Waals surface area contributed by atoms with Gasteiger partial charge in [-0.1, -0.05) is 0 Å². The molecule has 2 rings (SSSR count). The predicted molar refractivity (Wildman–Crippen MR) is 70.0 cm³/mol. The van der Waals surface area contributed by atoms with Crippen LogP contribution >= 0.6 is 0 Å². The van der Waals surface area contributed by atoms with E-state index in [0.29, 0.717) is 12.3 Å². The molecule has 0 aliphatic carbocycles. The van der Waals surface area contributed by atoms with Gasteiger partial charge in [0.25, 0.3) is 0 Å². The summed E-state index contributed by atoms with van der Waals surface area (Å²) in [4.78, 5) is 19.4. The number of nitrogens with one attached hydrogen (secondary N) is 1. The lowest BCUT2D eigenvalue weighted by atomic mass is 9.98. The second kappa shape index (κ2) is 7.07. The van der Waals surface area contributed by atoms with Crippen LogP contribution in [0.1, 0.15) is 25.7 Å². The monoisotopic (exact) mass is 255 g/mol. The van der Waals surface area contributed by atoms with E-state index in [1.54, 1.807) is 0 Å². The zero-order chi connectivity index (χ0) is 12.8. The molecule has 0 aromatic heterocycles. The molecule has 1 amide bonds. The predicted octanol–water partition coefficient (Wildman–Crippen LogP) is 0.472. The van der Waals surface area contributed by atoms with E-state index in [0.717, 1.165) is 39.2 Å². The van der Waals surface area contributed by atoms with Crippen LogP contribution in [0, 0.1) is 5.92 Å². The Morgan fingerprint density at radius 1 is 1.39 bits per heavy atom. The Balaban J connectivity index is 1.56. The number of amides is 1. The van der Waals surface area contributed by atoms with Gasteiger partial charge < -0.3 is 10.2 Å². The van der Waals surface area contributed by atoms with Gasteiger partial charge in [0.1, 0.15) is 0 Å². The molecule has 2 aliphatic rings. The summed E-state index contributed by atoms with van der Waals surface area (Å²) < 4.78 is 0. The summed E-state index contributed by atoms with van der Waals surface area (Å²) in [5, 5.41) is 4.95. The first-order chi connectivity index (χ1) is 8.74. The first kappa shape index (κ1) is 13.8. The number of likely N-dealkylation sites (tertiary alicyclic amines) is 1. The quantitative estimate of drug-likeness (QED) is 0.776. The first-order valence-corrected chi connectivity index (χ1v) is 7.07. The van der Waals surface area contributed by atoms with Gasteiger partial charge in [-0.25, -0.2) is 0 Å². The summed E-state index contributed by atoms with van der Waals surface area (Å²) >= 11 is 0. The summed E-state index contributed by atoms with van der Waals surface area (Å²) in [6.07, 6.45) is 4.11. The molecule has 1 N–H and O–H groups in total. The molecule has 0 bridgehead atoms. The van der Waals surface area contributed by atoms with Crippen molar-refractivity contribution >= 4 is 5.91 Å². The highest BCUT2D eigenvalue weighted by Crippen LogP contribution is 2.13. The van der Waals surface area contributed by atoms with E-state index in [9.17, 15) is 4.79 Å². The van der Waals surface area contributed by atoms with Gasteiger partial charge in [0.15, 0.2) is 0 Å². The number of nitrogens with zero attached hydrogens (tertiary/aromatic N) is 2. The molecule has 2 saturated heterocycles. The molecule has 2 fully saturated rings. The highest BCUT2D eigenvalue weighted by molar-refractivity contribution is 5.76. The SMILES string of the molecule is CN1CCCC(CNC(=O)CCN2CCCO2)C1. The molecule has 0 spiro atoms. The smallest absolute Gasteiger partial charge is 0.221 e. The largest absolute Gasteiger partial charge is 0.356 e. The van der Waals surface area contributed by atoms with Crippen LogP contribution in [0.15, 0.2) is 0 Å². The van der Waals surface area contributed by atoms with Crippen LogP contribution in [0.2, 0.25) is 0 Å². The molecule has 2 aliphatic heterocycles. The first-order valence-electron chi connectivity index (χ1n) is 7.07. The molecule has 104 valence electrons. The number of hydrogen-bond acceptors (Lipinski definition) is 4. The average molecular weight is 255 g/mol. The molecule has 0 aromatic carbocycles. The summed E-state index contributed by atoms with van der Waals surface area (Å²) in [5.41, 5.74) is 0.